The minimum absolute atomic E-state index is 0.220. The van der Waals surface area contributed by atoms with Gasteiger partial charge in [-0.1, -0.05) is 0 Å². The van der Waals surface area contributed by atoms with Gasteiger partial charge < -0.3 is 9.80 Å². The molecule has 3 aliphatic rings. The molecule has 3 aliphatic heterocycles. The summed E-state index contributed by atoms with van der Waals surface area (Å²) in [5, 5.41) is 0. The molecule has 0 aliphatic carbocycles. The monoisotopic (exact) mass is 371 g/mol. The molecule has 4 rings (SSSR count). The van der Waals surface area contributed by atoms with E-state index in [1.54, 1.807) is 0 Å². The predicted octanol–water partition coefficient (Wildman–Crippen LogP) is 2.40. The van der Waals surface area contributed by atoms with Crippen molar-refractivity contribution in [3.05, 3.63) is 17.5 Å². The third kappa shape index (κ3) is 4.26. The number of hydrogen-bond donors (Lipinski definition) is 0. The largest absolute Gasteiger partial charge is 0.342 e. The highest BCUT2D eigenvalue weighted by Crippen LogP contribution is 2.27. The van der Waals surface area contributed by atoms with E-state index < -0.39 is 0 Å². The van der Waals surface area contributed by atoms with Gasteiger partial charge in [0.15, 0.2) is 0 Å². The number of aryl methyl sites for hydroxylation is 2. The highest BCUT2D eigenvalue weighted by atomic mass is 16.2. The molecule has 0 aromatic carbocycles. The van der Waals surface area contributed by atoms with Gasteiger partial charge in [0.25, 0.3) is 0 Å². The van der Waals surface area contributed by atoms with Crippen molar-refractivity contribution < 1.29 is 4.79 Å². The number of amides is 1. The highest BCUT2D eigenvalue weighted by Gasteiger charge is 2.34. The Kier molecular flexibility index (Phi) is 5.62. The second kappa shape index (κ2) is 8.13. The van der Waals surface area contributed by atoms with E-state index in [0.717, 1.165) is 82.3 Å². The lowest BCUT2D eigenvalue weighted by molar-refractivity contribution is -0.136. The summed E-state index contributed by atoms with van der Waals surface area (Å²) in [5.74, 6) is 1.52. The number of carbonyl (C=O) groups is 1. The summed E-state index contributed by atoms with van der Waals surface area (Å²) in [4.78, 5) is 29.1. The molecule has 6 heteroatoms. The molecule has 27 heavy (non-hydrogen) atoms. The number of piperidine rings is 2. The fourth-order valence-electron chi connectivity index (χ4n) is 5.02. The molecule has 3 fully saturated rings. The lowest BCUT2D eigenvalue weighted by Crippen LogP contribution is -2.51. The zero-order valence-electron chi connectivity index (χ0n) is 16.9. The van der Waals surface area contributed by atoms with Gasteiger partial charge in [0, 0.05) is 50.2 Å². The molecule has 6 nitrogen and oxygen atoms in total. The Morgan fingerprint density at radius 3 is 2.26 bits per heavy atom. The number of anilines is 1. The van der Waals surface area contributed by atoms with Crippen LogP contribution in [0, 0.1) is 19.8 Å². The van der Waals surface area contributed by atoms with Crippen LogP contribution in [0.25, 0.3) is 0 Å². The third-order valence-electron chi connectivity index (χ3n) is 6.45. The maximum Gasteiger partial charge on any atom is 0.226 e. The Hall–Kier alpha value is -1.69. The van der Waals surface area contributed by atoms with E-state index in [0.29, 0.717) is 11.9 Å². The van der Waals surface area contributed by atoms with Gasteiger partial charge in [-0.15, -0.1) is 0 Å². The Bertz CT molecular complexity index is 644. The standard InChI is InChI=1S/C21H33N5O/c1-16-14-17(2)23-21(22-16)25-12-7-19(8-13-25)26-11-5-6-18(15-26)20(27)24-9-3-4-10-24/h14,18-19H,3-13,15H2,1-2H3/t18-/m0/s1. The predicted molar refractivity (Wildman–Crippen MR) is 107 cm³/mol. The molecule has 0 spiro atoms. The molecule has 0 radical (unpaired) electrons. The van der Waals surface area contributed by atoms with Gasteiger partial charge in [-0.25, -0.2) is 9.97 Å². The minimum Gasteiger partial charge on any atom is -0.342 e. The van der Waals surface area contributed by atoms with Crippen molar-refractivity contribution in [2.45, 2.75) is 58.4 Å². The lowest BCUT2D eigenvalue weighted by Gasteiger charge is -2.42. The third-order valence-corrected chi connectivity index (χ3v) is 6.45. The summed E-state index contributed by atoms with van der Waals surface area (Å²) in [6.45, 7) is 10.2. The van der Waals surface area contributed by atoms with Crippen molar-refractivity contribution in [3.8, 4) is 0 Å². The van der Waals surface area contributed by atoms with Crippen LogP contribution in [0.4, 0.5) is 5.95 Å². The topological polar surface area (TPSA) is 52.6 Å². The van der Waals surface area contributed by atoms with E-state index >= 15 is 0 Å². The summed E-state index contributed by atoms with van der Waals surface area (Å²) in [6, 6.07) is 2.63. The summed E-state index contributed by atoms with van der Waals surface area (Å²) >= 11 is 0. The van der Waals surface area contributed by atoms with Gasteiger partial charge in [-0.3, -0.25) is 9.69 Å². The van der Waals surface area contributed by atoms with E-state index in [1.165, 1.54) is 12.8 Å². The van der Waals surface area contributed by atoms with E-state index in [2.05, 4.69) is 24.7 Å². The van der Waals surface area contributed by atoms with Crippen LogP contribution in [0.15, 0.2) is 6.07 Å². The average molecular weight is 372 g/mol. The van der Waals surface area contributed by atoms with Gasteiger partial charge in [-0.05, 0) is 65.0 Å². The summed E-state index contributed by atoms with van der Waals surface area (Å²) in [5.41, 5.74) is 2.08. The second-order valence-corrected chi connectivity index (χ2v) is 8.54. The number of carbonyl (C=O) groups excluding carboxylic acids is 1. The Labute approximate surface area is 162 Å². The Morgan fingerprint density at radius 1 is 0.926 bits per heavy atom. The van der Waals surface area contributed by atoms with E-state index in [1.807, 2.05) is 19.9 Å². The first-order chi connectivity index (χ1) is 13.1. The van der Waals surface area contributed by atoms with Crippen LogP contribution >= 0.6 is 0 Å². The zero-order chi connectivity index (χ0) is 18.8. The van der Waals surface area contributed by atoms with Gasteiger partial charge >= 0.3 is 0 Å². The zero-order valence-corrected chi connectivity index (χ0v) is 16.9. The van der Waals surface area contributed by atoms with Crippen LogP contribution in [0.1, 0.15) is 49.9 Å². The number of nitrogens with zero attached hydrogens (tertiary/aromatic N) is 5. The van der Waals surface area contributed by atoms with Gasteiger partial charge in [-0.2, -0.15) is 0 Å². The lowest BCUT2D eigenvalue weighted by atomic mass is 9.93. The van der Waals surface area contributed by atoms with Crippen LogP contribution in [-0.2, 0) is 4.79 Å². The van der Waals surface area contributed by atoms with Gasteiger partial charge in [0.1, 0.15) is 0 Å². The first-order valence-electron chi connectivity index (χ1n) is 10.7. The maximum atomic E-state index is 12.8. The smallest absolute Gasteiger partial charge is 0.226 e. The number of likely N-dealkylation sites (tertiary alicyclic amines) is 2. The van der Waals surface area contributed by atoms with Crippen LogP contribution in [0.5, 0.6) is 0 Å². The van der Waals surface area contributed by atoms with E-state index in [-0.39, 0.29) is 5.92 Å². The first-order valence-corrected chi connectivity index (χ1v) is 10.7. The average Bonchev–Trinajstić information content (AvgIpc) is 3.22. The quantitative estimate of drug-likeness (QED) is 0.817. The van der Waals surface area contributed by atoms with Crippen molar-refractivity contribution in [1.29, 1.82) is 0 Å². The molecule has 0 bridgehead atoms. The van der Waals surface area contributed by atoms with Crippen LogP contribution < -0.4 is 4.90 Å². The number of hydrogen-bond acceptors (Lipinski definition) is 5. The fraction of sp³-hybridized carbons (Fsp3) is 0.762. The molecule has 1 atom stereocenters. The summed E-state index contributed by atoms with van der Waals surface area (Å²) < 4.78 is 0. The molecule has 148 valence electrons. The van der Waals surface area contributed by atoms with Crippen molar-refractivity contribution in [3.63, 3.8) is 0 Å². The molecule has 3 saturated heterocycles. The first kappa shape index (κ1) is 18.7. The van der Waals surface area contributed by atoms with Crippen molar-refractivity contribution >= 4 is 11.9 Å². The van der Waals surface area contributed by atoms with Crippen molar-refractivity contribution in [2.75, 3.05) is 44.2 Å². The SMILES string of the molecule is Cc1cc(C)nc(N2CCC(N3CCC[C@H](C(=O)N4CCCC4)C3)CC2)n1. The molecule has 0 unspecified atom stereocenters. The summed E-state index contributed by atoms with van der Waals surface area (Å²) in [6.07, 6.45) is 6.87. The minimum atomic E-state index is 0.220. The highest BCUT2D eigenvalue weighted by molar-refractivity contribution is 5.79. The van der Waals surface area contributed by atoms with E-state index in [4.69, 9.17) is 0 Å². The normalized spacial score (nSPS) is 25.2. The molecule has 0 saturated carbocycles. The molecular weight excluding hydrogens is 338 g/mol. The van der Waals surface area contributed by atoms with E-state index in [9.17, 15) is 4.79 Å². The maximum absolute atomic E-state index is 12.8. The second-order valence-electron chi connectivity index (χ2n) is 8.54. The Morgan fingerprint density at radius 2 is 1.59 bits per heavy atom. The molecule has 1 amide bonds. The van der Waals surface area contributed by atoms with Gasteiger partial charge in [0.2, 0.25) is 11.9 Å². The molecular formula is C21H33N5O. The van der Waals surface area contributed by atoms with Crippen LogP contribution in [0.3, 0.4) is 0 Å². The van der Waals surface area contributed by atoms with Crippen LogP contribution in [0.2, 0.25) is 0 Å². The van der Waals surface area contributed by atoms with Crippen LogP contribution in [-0.4, -0.2) is 71.0 Å². The van der Waals surface area contributed by atoms with Crippen molar-refractivity contribution in [1.82, 2.24) is 19.8 Å². The van der Waals surface area contributed by atoms with Crippen molar-refractivity contribution in [2.24, 2.45) is 5.92 Å². The summed E-state index contributed by atoms with van der Waals surface area (Å²) in [7, 11) is 0. The fourth-order valence-corrected chi connectivity index (χ4v) is 5.02. The van der Waals surface area contributed by atoms with Gasteiger partial charge in [0.05, 0.1) is 5.92 Å². The molecule has 1 aromatic rings. The molecule has 4 heterocycles. The molecule has 1 aromatic heterocycles. The molecule has 0 N–H and O–H groups in total. The number of aromatic nitrogens is 2. The number of rotatable bonds is 3. The Balaban J connectivity index is 1.33.